The maximum absolute atomic E-state index is 6.14. The van der Waals surface area contributed by atoms with Crippen LogP contribution >= 0.6 is 27.5 Å². The van der Waals surface area contributed by atoms with Crippen molar-refractivity contribution in [3.05, 3.63) is 58.0 Å². The average molecular weight is 292 g/mol. The molecule has 0 bridgehead atoms. The molecule has 0 saturated carbocycles. The lowest BCUT2D eigenvalue weighted by Crippen LogP contribution is -1.78. The first-order valence-corrected chi connectivity index (χ1v) is 6.19. The molecule has 0 spiro atoms. The maximum atomic E-state index is 6.14. The van der Waals surface area contributed by atoms with Gasteiger partial charge in [0.1, 0.15) is 0 Å². The van der Waals surface area contributed by atoms with Gasteiger partial charge in [0.2, 0.25) is 0 Å². The highest BCUT2D eigenvalue weighted by Gasteiger charge is 2.03. The van der Waals surface area contributed by atoms with Crippen molar-refractivity contribution in [1.29, 1.82) is 0 Å². The molecule has 0 nitrogen and oxygen atoms in total. The van der Waals surface area contributed by atoms with E-state index < -0.39 is 0 Å². The van der Waals surface area contributed by atoms with Gasteiger partial charge in [-0.3, -0.25) is 0 Å². The molecule has 0 unspecified atom stereocenters. The van der Waals surface area contributed by atoms with E-state index in [9.17, 15) is 0 Å². The van der Waals surface area contributed by atoms with E-state index >= 15 is 0 Å². The Labute approximate surface area is 107 Å². The first-order valence-electron chi connectivity index (χ1n) is 5.02. The van der Waals surface area contributed by atoms with Crippen LogP contribution in [0.3, 0.4) is 0 Å². The molecule has 0 aliphatic rings. The van der Waals surface area contributed by atoms with Crippen molar-refractivity contribution in [2.45, 2.75) is 0 Å². The summed E-state index contributed by atoms with van der Waals surface area (Å²) in [6, 6.07) is 16.7. The zero-order chi connectivity index (χ0) is 11.1. The summed E-state index contributed by atoms with van der Waals surface area (Å²) in [7, 11) is 0. The average Bonchev–Trinajstić information content (AvgIpc) is 2.31. The molecular formula is C14H8BrCl. The molecule has 0 N–H and O–H groups in total. The summed E-state index contributed by atoms with van der Waals surface area (Å²) >= 11 is 9.59. The van der Waals surface area contributed by atoms with Gasteiger partial charge in [-0.05, 0) is 49.6 Å². The standard InChI is InChI=1S/C14H8BrCl/c15-13-7-10-6-5-9-3-1-2-4-11(9)12(10)8-14(13)16/h1-8H. The summed E-state index contributed by atoms with van der Waals surface area (Å²) in [6.07, 6.45) is 0. The minimum Gasteiger partial charge on any atom is -0.0831 e. The van der Waals surface area contributed by atoms with Gasteiger partial charge >= 0.3 is 0 Å². The van der Waals surface area contributed by atoms with Crippen LogP contribution in [0.4, 0.5) is 0 Å². The van der Waals surface area contributed by atoms with Crippen LogP contribution in [0.15, 0.2) is 53.0 Å². The Hall–Kier alpha value is -1.05. The number of fused-ring (bicyclic) bond motifs is 3. The van der Waals surface area contributed by atoms with Crippen LogP contribution in [-0.2, 0) is 0 Å². The van der Waals surface area contributed by atoms with Crippen molar-refractivity contribution in [1.82, 2.24) is 0 Å². The van der Waals surface area contributed by atoms with Crippen LogP contribution in [0.1, 0.15) is 0 Å². The molecule has 3 rings (SSSR count). The number of rotatable bonds is 0. The van der Waals surface area contributed by atoms with Gasteiger partial charge in [0, 0.05) is 4.47 Å². The van der Waals surface area contributed by atoms with Gasteiger partial charge in [-0.2, -0.15) is 0 Å². The number of hydrogen-bond acceptors (Lipinski definition) is 0. The van der Waals surface area contributed by atoms with Crippen LogP contribution in [0.2, 0.25) is 5.02 Å². The van der Waals surface area contributed by atoms with Gasteiger partial charge in [-0.25, -0.2) is 0 Å². The van der Waals surface area contributed by atoms with Gasteiger partial charge in [0.15, 0.2) is 0 Å². The maximum Gasteiger partial charge on any atom is 0.0554 e. The second-order valence-electron chi connectivity index (χ2n) is 3.77. The molecule has 0 aliphatic heterocycles. The van der Waals surface area contributed by atoms with E-state index in [1.165, 1.54) is 21.5 Å². The highest BCUT2D eigenvalue weighted by molar-refractivity contribution is 9.10. The van der Waals surface area contributed by atoms with E-state index in [0.717, 1.165) is 9.50 Å². The molecule has 78 valence electrons. The smallest absolute Gasteiger partial charge is 0.0554 e. The van der Waals surface area contributed by atoms with Crippen molar-refractivity contribution in [3.63, 3.8) is 0 Å². The molecule has 3 aromatic rings. The van der Waals surface area contributed by atoms with Gasteiger partial charge < -0.3 is 0 Å². The Kier molecular flexibility index (Phi) is 2.38. The summed E-state index contributed by atoms with van der Waals surface area (Å²) in [5, 5.41) is 5.65. The minimum absolute atomic E-state index is 0.754. The molecule has 2 heteroatoms. The van der Waals surface area contributed by atoms with Crippen molar-refractivity contribution < 1.29 is 0 Å². The van der Waals surface area contributed by atoms with Crippen LogP contribution in [0, 0.1) is 0 Å². The molecule has 16 heavy (non-hydrogen) atoms. The summed E-state index contributed by atoms with van der Waals surface area (Å²) < 4.78 is 0.942. The molecular weight excluding hydrogens is 284 g/mol. The lowest BCUT2D eigenvalue weighted by atomic mass is 10.0. The monoisotopic (exact) mass is 290 g/mol. The Morgan fingerprint density at radius 3 is 2.44 bits per heavy atom. The van der Waals surface area contributed by atoms with Crippen molar-refractivity contribution >= 4 is 49.1 Å². The quantitative estimate of drug-likeness (QED) is 0.486. The van der Waals surface area contributed by atoms with Crippen LogP contribution in [0.5, 0.6) is 0 Å². The van der Waals surface area contributed by atoms with E-state index in [1.54, 1.807) is 0 Å². The van der Waals surface area contributed by atoms with E-state index in [0.29, 0.717) is 0 Å². The molecule has 0 radical (unpaired) electrons. The van der Waals surface area contributed by atoms with E-state index in [1.807, 2.05) is 6.07 Å². The fourth-order valence-corrected chi connectivity index (χ4v) is 2.53. The van der Waals surface area contributed by atoms with Crippen molar-refractivity contribution in [3.8, 4) is 0 Å². The Bertz CT molecular complexity index is 689. The lowest BCUT2D eigenvalue weighted by Gasteiger charge is -2.05. The topological polar surface area (TPSA) is 0 Å². The van der Waals surface area contributed by atoms with Gasteiger partial charge in [-0.1, -0.05) is 48.0 Å². The van der Waals surface area contributed by atoms with Crippen molar-refractivity contribution in [2.24, 2.45) is 0 Å². The highest BCUT2D eigenvalue weighted by atomic mass is 79.9. The Morgan fingerprint density at radius 2 is 1.56 bits per heavy atom. The summed E-state index contributed by atoms with van der Waals surface area (Å²) in [5.74, 6) is 0. The van der Waals surface area contributed by atoms with Crippen molar-refractivity contribution in [2.75, 3.05) is 0 Å². The second kappa shape index (κ2) is 3.76. The lowest BCUT2D eigenvalue weighted by molar-refractivity contribution is 1.72. The van der Waals surface area contributed by atoms with Crippen LogP contribution in [0.25, 0.3) is 21.5 Å². The molecule has 0 aliphatic carbocycles. The summed E-state index contributed by atoms with van der Waals surface area (Å²) in [4.78, 5) is 0. The Morgan fingerprint density at radius 1 is 0.812 bits per heavy atom. The molecule has 0 saturated heterocycles. The SMILES string of the molecule is Clc1cc2c(ccc3ccccc32)cc1Br. The van der Waals surface area contributed by atoms with Crippen LogP contribution in [-0.4, -0.2) is 0 Å². The first kappa shape index (κ1) is 10.1. The molecule has 0 aromatic heterocycles. The third kappa shape index (κ3) is 1.51. The molecule has 3 aromatic carbocycles. The van der Waals surface area contributed by atoms with Gasteiger partial charge in [0.05, 0.1) is 5.02 Å². The minimum atomic E-state index is 0.754. The van der Waals surface area contributed by atoms with E-state index in [4.69, 9.17) is 11.6 Å². The summed E-state index contributed by atoms with van der Waals surface area (Å²) in [6.45, 7) is 0. The summed E-state index contributed by atoms with van der Waals surface area (Å²) in [5.41, 5.74) is 0. The zero-order valence-electron chi connectivity index (χ0n) is 8.37. The van der Waals surface area contributed by atoms with E-state index in [2.05, 4.69) is 58.4 Å². The zero-order valence-corrected chi connectivity index (χ0v) is 10.7. The molecule has 0 fully saturated rings. The van der Waals surface area contributed by atoms with Gasteiger partial charge in [0.25, 0.3) is 0 Å². The highest BCUT2D eigenvalue weighted by Crippen LogP contribution is 2.32. The third-order valence-electron chi connectivity index (χ3n) is 2.79. The van der Waals surface area contributed by atoms with E-state index in [-0.39, 0.29) is 0 Å². The van der Waals surface area contributed by atoms with Crippen LogP contribution < -0.4 is 0 Å². The fraction of sp³-hybridized carbons (Fsp3) is 0. The predicted octanol–water partition coefficient (Wildman–Crippen LogP) is 5.41. The second-order valence-corrected chi connectivity index (χ2v) is 5.04. The molecule has 0 amide bonds. The first-order chi connectivity index (χ1) is 7.75. The predicted molar refractivity (Wildman–Crippen MR) is 74.2 cm³/mol. The molecule has 0 atom stereocenters. The van der Waals surface area contributed by atoms with Gasteiger partial charge in [-0.15, -0.1) is 0 Å². The largest absolute Gasteiger partial charge is 0.0831 e. The molecule has 0 heterocycles. The fourth-order valence-electron chi connectivity index (χ4n) is 2.00. The normalized spacial score (nSPS) is 11.1. The third-order valence-corrected chi connectivity index (χ3v) is 3.98. The number of halogens is 2. The Balaban J connectivity index is 2.55. The number of benzene rings is 3. The number of hydrogen-bond donors (Lipinski definition) is 0.